The maximum absolute atomic E-state index is 13.2. The van der Waals surface area contributed by atoms with Gasteiger partial charge in [-0.25, -0.2) is 4.79 Å². The van der Waals surface area contributed by atoms with Crippen LogP contribution in [0.1, 0.15) is 43.0 Å². The van der Waals surface area contributed by atoms with Crippen molar-refractivity contribution in [3.8, 4) is 23.0 Å². The third-order valence-corrected chi connectivity index (χ3v) is 7.11. The van der Waals surface area contributed by atoms with Crippen molar-refractivity contribution < 1.29 is 59.6 Å². The van der Waals surface area contributed by atoms with Crippen LogP contribution in [0.15, 0.2) is 91.0 Å². The molecule has 14 heteroatoms. The molecule has 0 aromatic heterocycles. The highest BCUT2D eigenvalue weighted by Gasteiger charge is 2.32. The molecule has 4 rings (SSSR count). The van der Waals surface area contributed by atoms with E-state index in [2.05, 4.69) is 30.2 Å². The van der Waals surface area contributed by atoms with Gasteiger partial charge in [-0.3, -0.25) is 9.69 Å². The molecule has 1 amide bonds. The lowest BCUT2D eigenvalue weighted by Gasteiger charge is -2.24. The predicted octanol–water partition coefficient (Wildman–Crippen LogP) is 8.65. The van der Waals surface area contributed by atoms with Crippen molar-refractivity contribution in [1.29, 1.82) is 0 Å². The fourth-order valence-corrected chi connectivity index (χ4v) is 4.56. The summed E-state index contributed by atoms with van der Waals surface area (Å²) in [6.45, 7) is 5.88. The Balaban J connectivity index is 1.63. The molecule has 0 saturated heterocycles. The molecule has 8 nitrogen and oxygen atoms in total. The second-order valence-corrected chi connectivity index (χ2v) is 11.9. The zero-order valence-electron chi connectivity index (χ0n) is 27.4. The summed E-state index contributed by atoms with van der Waals surface area (Å²) in [7, 11) is 1.08. The molecule has 0 aliphatic carbocycles. The number of rotatable bonds is 11. The molecule has 0 heterocycles. The van der Waals surface area contributed by atoms with Crippen molar-refractivity contribution in [2.45, 2.75) is 58.7 Å². The first kappa shape index (κ1) is 37.4. The van der Waals surface area contributed by atoms with Gasteiger partial charge >= 0.3 is 24.6 Å². The van der Waals surface area contributed by atoms with Crippen LogP contribution < -0.4 is 23.8 Å². The molecule has 0 saturated carbocycles. The number of anilines is 1. The Morgan fingerprint density at radius 1 is 0.620 bits per heavy atom. The fraction of sp³-hybridized carbons (Fsp3) is 0.278. The molecular weight excluding hydrogens is 672 g/mol. The van der Waals surface area contributed by atoms with Crippen LogP contribution in [0, 0.1) is 0 Å². The van der Waals surface area contributed by atoms with Gasteiger partial charge in [0.25, 0.3) is 0 Å². The minimum atomic E-state index is -4.86. The smallest absolute Gasteiger partial charge is 0.485 e. The van der Waals surface area contributed by atoms with Gasteiger partial charge in [0.2, 0.25) is 0 Å². The average Bonchev–Trinajstić information content (AvgIpc) is 3.04. The summed E-state index contributed by atoms with van der Waals surface area (Å²) >= 11 is 0. The maximum Gasteiger partial charge on any atom is 0.573 e. The molecule has 4 aromatic carbocycles. The average molecular weight is 706 g/mol. The summed E-state index contributed by atoms with van der Waals surface area (Å²) in [5.74, 6) is -2.68. The van der Waals surface area contributed by atoms with Gasteiger partial charge in [0, 0.05) is 11.8 Å². The first-order valence-corrected chi connectivity index (χ1v) is 15.0. The van der Waals surface area contributed by atoms with E-state index in [0.29, 0.717) is 16.7 Å². The van der Waals surface area contributed by atoms with Crippen LogP contribution in [0.3, 0.4) is 0 Å². The Labute approximate surface area is 284 Å². The van der Waals surface area contributed by atoms with Gasteiger partial charge in [0.1, 0.15) is 24.7 Å². The van der Waals surface area contributed by atoms with Gasteiger partial charge in [-0.05, 0) is 64.1 Å². The fourth-order valence-electron chi connectivity index (χ4n) is 4.56. The number of halogens is 6. The Bertz CT molecular complexity index is 1750. The largest absolute Gasteiger partial charge is 0.573 e. The molecule has 0 fully saturated rings. The van der Waals surface area contributed by atoms with E-state index in [-0.39, 0.29) is 42.4 Å². The molecule has 0 aliphatic rings. The van der Waals surface area contributed by atoms with Crippen molar-refractivity contribution in [1.82, 2.24) is 0 Å². The highest BCUT2D eigenvalue weighted by Crippen LogP contribution is 2.35. The van der Waals surface area contributed by atoms with Gasteiger partial charge in [0.15, 0.2) is 11.5 Å². The van der Waals surface area contributed by atoms with E-state index in [1.54, 1.807) is 0 Å². The van der Waals surface area contributed by atoms with Gasteiger partial charge < -0.3 is 23.7 Å². The summed E-state index contributed by atoms with van der Waals surface area (Å²) in [5, 5.41) is 0. The molecule has 0 unspecified atom stereocenters. The number of benzene rings is 4. The number of ether oxygens (including phenoxy) is 5. The summed E-state index contributed by atoms with van der Waals surface area (Å²) < 4.78 is 99.9. The van der Waals surface area contributed by atoms with Crippen LogP contribution >= 0.6 is 0 Å². The lowest BCUT2D eigenvalue weighted by Crippen LogP contribution is -2.37. The normalized spacial score (nSPS) is 11.8. The number of nitrogens with zero attached hydrogens (tertiary/aromatic N) is 1. The number of amides is 1. The van der Waals surface area contributed by atoms with Crippen LogP contribution in [-0.4, -0.2) is 31.7 Å². The number of carbonyl (C=O) groups excluding carboxylic acids is 2. The summed E-state index contributed by atoms with van der Waals surface area (Å²) in [6.07, 6.45) is -9.71. The predicted molar refractivity (Wildman–Crippen MR) is 170 cm³/mol. The summed E-state index contributed by atoms with van der Waals surface area (Å²) in [6, 6.07) is 21.9. The molecule has 0 N–H and O–H groups in total. The molecule has 0 atom stereocenters. The van der Waals surface area contributed by atoms with E-state index in [1.807, 2.05) is 24.3 Å². The highest BCUT2D eigenvalue weighted by molar-refractivity contribution is 6.38. The van der Waals surface area contributed by atoms with Gasteiger partial charge in [0.05, 0.1) is 13.7 Å². The number of alkyl halides is 6. The zero-order chi connectivity index (χ0) is 36.7. The second-order valence-electron chi connectivity index (χ2n) is 11.9. The van der Waals surface area contributed by atoms with Crippen LogP contribution in [0.2, 0.25) is 0 Å². The third-order valence-electron chi connectivity index (χ3n) is 7.11. The lowest BCUT2D eigenvalue weighted by atomic mass is 9.87. The quantitative estimate of drug-likeness (QED) is 0.0878. The Morgan fingerprint density at radius 2 is 1.08 bits per heavy atom. The van der Waals surface area contributed by atoms with Crippen molar-refractivity contribution in [3.63, 3.8) is 0 Å². The van der Waals surface area contributed by atoms with E-state index >= 15 is 0 Å². The molecule has 50 heavy (non-hydrogen) atoms. The van der Waals surface area contributed by atoms with Gasteiger partial charge in [-0.15, -0.1) is 26.3 Å². The molecular formula is C36H33F6NO7. The van der Waals surface area contributed by atoms with E-state index in [9.17, 15) is 35.9 Å². The van der Waals surface area contributed by atoms with Crippen molar-refractivity contribution >= 4 is 17.6 Å². The van der Waals surface area contributed by atoms with Crippen LogP contribution in [-0.2, 0) is 39.5 Å². The topological polar surface area (TPSA) is 83.5 Å². The van der Waals surface area contributed by atoms with Crippen LogP contribution in [0.5, 0.6) is 23.0 Å². The number of methoxy groups -OCH3 is 1. The Morgan fingerprint density at radius 3 is 1.52 bits per heavy atom. The Kier molecular flexibility index (Phi) is 11.6. The summed E-state index contributed by atoms with van der Waals surface area (Å²) in [5.41, 5.74) is 2.81. The minimum Gasteiger partial charge on any atom is -0.485 e. The Hall–Kier alpha value is -5.40. The van der Waals surface area contributed by atoms with Gasteiger partial charge in [-0.1, -0.05) is 69.3 Å². The molecule has 266 valence electrons. The van der Waals surface area contributed by atoms with Gasteiger partial charge in [-0.2, -0.15) is 0 Å². The number of esters is 1. The second kappa shape index (κ2) is 15.4. The number of carbonyl (C=O) groups is 2. The van der Waals surface area contributed by atoms with Crippen molar-refractivity contribution in [3.05, 3.63) is 113 Å². The SMILES string of the molecule is COC(=O)C(=O)N(Cc1ccc(C(C)(C)C)cc1)c1ccc(OCc2ccc(OC(F)(F)F)cc2)c(OCc2ccc(OC(F)(F)F)cc2)c1. The van der Waals surface area contributed by atoms with E-state index in [0.717, 1.165) is 36.9 Å². The van der Waals surface area contributed by atoms with E-state index in [4.69, 9.17) is 14.2 Å². The first-order chi connectivity index (χ1) is 23.4. The van der Waals surface area contributed by atoms with Crippen LogP contribution in [0.4, 0.5) is 32.0 Å². The maximum atomic E-state index is 13.2. The molecule has 0 bridgehead atoms. The third kappa shape index (κ3) is 11.1. The number of hydrogen-bond donors (Lipinski definition) is 0. The molecule has 0 aliphatic heterocycles. The highest BCUT2D eigenvalue weighted by atomic mass is 19.4. The zero-order valence-corrected chi connectivity index (χ0v) is 27.4. The minimum absolute atomic E-state index is 0.0228. The standard InChI is InChI=1S/C36H33F6NO7/c1-34(2,3)26-11-5-23(6-12-26)20-43(32(44)33(45)46-4)27-13-18-30(47-21-24-7-14-28(15-8-24)49-35(37,38)39)31(19-27)48-22-25-9-16-29(17-10-25)50-36(40,41)42/h5-19H,20-22H2,1-4H3. The van der Waals surface area contributed by atoms with Crippen molar-refractivity contribution in [2.75, 3.05) is 12.0 Å². The van der Waals surface area contributed by atoms with E-state index < -0.39 is 36.1 Å². The van der Waals surface area contributed by atoms with E-state index in [1.165, 1.54) is 47.4 Å². The van der Waals surface area contributed by atoms with Crippen molar-refractivity contribution in [2.24, 2.45) is 0 Å². The van der Waals surface area contributed by atoms with Crippen LogP contribution in [0.25, 0.3) is 0 Å². The molecule has 4 aromatic rings. The molecule has 0 radical (unpaired) electrons. The first-order valence-electron chi connectivity index (χ1n) is 15.0. The molecule has 0 spiro atoms. The lowest BCUT2D eigenvalue weighted by molar-refractivity contribution is -0.275. The monoisotopic (exact) mass is 705 g/mol. The number of hydrogen-bond acceptors (Lipinski definition) is 7. The summed E-state index contributed by atoms with van der Waals surface area (Å²) in [4.78, 5) is 26.9.